The Labute approximate surface area is 593 Å². The molecule has 5 atom stereocenters. The lowest BCUT2D eigenvalue weighted by Gasteiger charge is -2.21. The highest BCUT2D eigenvalue weighted by molar-refractivity contribution is 7.47. The second-order valence-corrected chi connectivity index (χ2v) is 27.7. The Hall–Kier alpha value is -4.54. The monoisotopic (exact) mass is 1420 g/mol. The molecular weight excluding hydrogens is 1280 g/mol. The van der Waals surface area contributed by atoms with Crippen LogP contribution < -0.4 is 0 Å². The predicted molar refractivity (Wildman–Crippen MR) is 399 cm³/mol. The summed E-state index contributed by atoms with van der Waals surface area (Å²) in [5, 5.41) is 10.6. The molecule has 562 valence electrons. The van der Waals surface area contributed by atoms with E-state index in [4.69, 9.17) is 37.0 Å². The van der Waals surface area contributed by atoms with Gasteiger partial charge in [0.15, 0.2) is 12.2 Å². The van der Waals surface area contributed by atoms with Crippen LogP contribution in [-0.2, 0) is 65.4 Å². The van der Waals surface area contributed by atoms with Crippen LogP contribution in [0.4, 0.5) is 0 Å². The van der Waals surface area contributed by atoms with Crippen LogP contribution in [0, 0.1) is 0 Å². The van der Waals surface area contributed by atoms with Crippen LogP contribution in [0.15, 0.2) is 122 Å². The molecule has 0 aliphatic heterocycles. The number of hydrogen-bond donors (Lipinski definition) is 3. The van der Waals surface area contributed by atoms with E-state index in [1.54, 1.807) is 0 Å². The van der Waals surface area contributed by atoms with Crippen LogP contribution in [-0.4, -0.2) is 96.7 Å². The van der Waals surface area contributed by atoms with Gasteiger partial charge in [0.2, 0.25) is 0 Å². The van der Waals surface area contributed by atoms with Crippen LogP contribution in [0.2, 0.25) is 0 Å². The first kappa shape index (κ1) is 93.5. The van der Waals surface area contributed by atoms with Crippen LogP contribution in [0.5, 0.6) is 0 Å². The van der Waals surface area contributed by atoms with E-state index in [2.05, 4.69) is 149 Å². The lowest BCUT2D eigenvalue weighted by molar-refractivity contribution is -0.161. The van der Waals surface area contributed by atoms with Gasteiger partial charge >= 0.3 is 39.5 Å². The van der Waals surface area contributed by atoms with Gasteiger partial charge in [-0.05, 0) is 128 Å². The van der Waals surface area contributed by atoms with E-state index < -0.39 is 97.5 Å². The molecule has 5 unspecified atom stereocenters. The first-order valence-corrected chi connectivity index (χ1v) is 40.8. The van der Waals surface area contributed by atoms with Gasteiger partial charge < -0.3 is 33.8 Å². The van der Waals surface area contributed by atoms with E-state index in [0.717, 1.165) is 180 Å². The van der Waals surface area contributed by atoms with Gasteiger partial charge in [0.05, 0.1) is 26.4 Å². The smallest absolute Gasteiger partial charge is 0.462 e. The van der Waals surface area contributed by atoms with Gasteiger partial charge in [0, 0.05) is 25.7 Å². The van der Waals surface area contributed by atoms with E-state index in [0.29, 0.717) is 25.7 Å². The van der Waals surface area contributed by atoms with Gasteiger partial charge in [-0.3, -0.25) is 37.3 Å². The number of phosphoric acid groups is 2. The molecule has 0 heterocycles. The zero-order chi connectivity index (χ0) is 71.8. The Morgan fingerprint density at radius 1 is 0.296 bits per heavy atom. The topological polar surface area (TPSA) is 237 Å². The van der Waals surface area contributed by atoms with Crippen LogP contribution in [0.25, 0.3) is 0 Å². The van der Waals surface area contributed by atoms with E-state index >= 15 is 0 Å². The van der Waals surface area contributed by atoms with Crippen LogP contribution in [0.3, 0.4) is 0 Å². The first-order chi connectivity index (χ1) is 47.7. The highest BCUT2D eigenvalue weighted by atomic mass is 31.2. The zero-order valence-electron chi connectivity index (χ0n) is 61.2. The number of carbonyl (C=O) groups excluding carboxylic acids is 4. The molecule has 0 radical (unpaired) electrons. The Bertz CT molecular complexity index is 2340. The summed E-state index contributed by atoms with van der Waals surface area (Å²) in [5.41, 5.74) is 0. The number of ether oxygens (including phenoxy) is 4. The summed E-state index contributed by atoms with van der Waals surface area (Å²) < 4.78 is 68.4. The normalized spacial score (nSPS) is 14.6. The maximum atomic E-state index is 13.1. The molecule has 0 spiro atoms. The third-order valence-corrected chi connectivity index (χ3v) is 17.3. The number of aliphatic hydroxyl groups excluding tert-OH is 1. The summed E-state index contributed by atoms with van der Waals surface area (Å²) in [7, 11) is -9.96. The van der Waals surface area contributed by atoms with Crippen molar-refractivity contribution in [3.63, 3.8) is 0 Å². The van der Waals surface area contributed by atoms with E-state index in [1.807, 2.05) is 0 Å². The third kappa shape index (κ3) is 69.9. The summed E-state index contributed by atoms with van der Waals surface area (Å²) in [5.74, 6) is -2.24. The fourth-order valence-electron chi connectivity index (χ4n) is 9.71. The molecule has 3 N–H and O–H groups in total. The number of hydrogen-bond acceptors (Lipinski definition) is 15. The highest BCUT2D eigenvalue weighted by Crippen LogP contribution is 2.45. The number of unbranched alkanes of at least 4 members (excludes halogenated alkanes) is 24. The molecule has 98 heavy (non-hydrogen) atoms. The van der Waals surface area contributed by atoms with Crippen molar-refractivity contribution < 1.29 is 80.2 Å². The lowest BCUT2D eigenvalue weighted by atomic mass is 10.1. The molecule has 0 aromatic heterocycles. The maximum Gasteiger partial charge on any atom is 0.472 e. The standard InChI is InChI=1S/C79H134O17P2/c1-5-9-13-17-21-25-29-32-34-36-38-41-45-48-52-56-60-64-77(82)90-70-75(96-79(84)66-62-58-54-50-46-42-39-37-35-33-30-26-22-18-14-10-6-2)72-94-98(87,88)92-68-73(80)67-91-97(85,86)93-71-74(95-78(83)65-61-57-53-49-43-28-24-20-16-12-8-4)69-89-76(81)63-59-55-51-47-44-40-31-27-23-19-15-11-7-3/h9-10,13-15,19,21-22,25-27,31-35,38-39,41-42,73-75,80H,5-8,11-12,16-18,20,23-24,28-30,36-37,40,43-72H2,1-4H3,(H,85,86)(H,87,88)/b13-9-,14-10-,19-15-,25-21-,26-22-,31-27-,34-32-,35-33-,41-38-,42-39-. The van der Waals surface area contributed by atoms with Crippen molar-refractivity contribution in [1.82, 2.24) is 0 Å². The number of phosphoric ester groups is 2. The first-order valence-electron chi connectivity index (χ1n) is 37.8. The minimum Gasteiger partial charge on any atom is -0.462 e. The number of aliphatic hydroxyl groups is 1. The second-order valence-electron chi connectivity index (χ2n) is 24.8. The van der Waals surface area contributed by atoms with Crippen molar-refractivity contribution in [2.45, 2.75) is 316 Å². The quantitative estimate of drug-likeness (QED) is 0.0169. The molecule has 0 rings (SSSR count). The summed E-state index contributed by atoms with van der Waals surface area (Å²) in [6.45, 7) is 4.50. The Morgan fingerprint density at radius 3 is 0.857 bits per heavy atom. The molecular formula is C79H134O17P2. The van der Waals surface area contributed by atoms with Crippen molar-refractivity contribution >= 4 is 39.5 Å². The zero-order valence-corrected chi connectivity index (χ0v) is 63.0. The van der Waals surface area contributed by atoms with Crippen LogP contribution >= 0.6 is 15.6 Å². The fourth-order valence-corrected chi connectivity index (χ4v) is 11.3. The maximum absolute atomic E-state index is 13.1. The van der Waals surface area contributed by atoms with Gasteiger partial charge in [-0.15, -0.1) is 0 Å². The molecule has 0 fully saturated rings. The lowest BCUT2D eigenvalue weighted by Crippen LogP contribution is -2.30. The van der Waals surface area contributed by atoms with Gasteiger partial charge in [-0.25, -0.2) is 9.13 Å². The summed E-state index contributed by atoms with van der Waals surface area (Å²) in [6, 6.07) is 0. The summed E-state index contributed by atoms with van der Waals surface area (Å²) in [4.78, 5) is 72.8. The summed E-state index contributed by atoms with van der Waals surface area (Å²) in [6.07, 6.45) is 76.2. The van der Waals surface area contributed by atoms with Crippen molar-refractivity contribution in [3.8, 4) is 0 Å². The average Bonchev–Trinajstić information content (AvgIpc) is 0.980. The molecule has 0 saturated carbocycles. The van der Waals surface area contributed by atoms with Crippen LogP contribution in [0.1, 0.15) is 297 Å². The summed E-state index contributed by atoms with van der Waals surface area (Å²) >= 11 is 0. The molecule has 0 aliphatic carbocycles. The molecule has 0 aliphatic rings. The minimum atomic E-state index is -4.99. The largest absolute Gasteiger partial charge is 0.472 e. The van der Waals surface area contributed by atoms with Gasteiger partial charge in [0.25, 0.3) is 0 Å². The number of rotatable bonds is 70. The molecule has 0 aromatic carbocycles. The van der Waals surface area contributed by atoms with Gasteiger partial charge in [-0.1, -0.05) is 265 Å². The molecule has 19 heteroatoms. The van der Waals surface area contributed by atoms with Crippen molar-refractivity contribution in [3.05, 3.63) is 122 Å². The number of esters is 4. The Kier molecular flexibility index (Phi) is 67.6. The Morgan fingerprint density at radius 2 is 0.551 bits per heavy atom. The second kappa shape index (κ2) is 70.9. The van der Waals surface area contributed by atoms with E-state index in [1.165, 1.54) is 38.5 Å². The third-order valence-electron chi connectivity index (χ3n) is 15.4. The van der Waals surface area contributed by atoms with Crippen molar-refractivity contribution in [1.29, 1.82) is 0 Å². The molecule has 0 bridgehead atoms. The molecule has 0 amide bonds. The predicted octanol–water partition coefficient (Wildman–Crippen LogP) is 21.6. The van der Waals surface area contributed by atoms with Crippen molar-refractivity contribution in [2.75, 3.05) is 39.6 Å². The average molecular weight is 1420 g/mol. The fraction of sp³-hybridized carbons (Fsp3) is 0.696. The van der Waals surface area contributed by atoms with Gasteiger partial charge in [-0.2, -0.15) is 0 Å². The highest BCUT2D eigenvalue weighted by Gasteiger charge is 2.30. The molecule has 17 nitrogen and oxygen atoms in total. The molecule has 0 saturated heterocycles. The van der Waals surface area contributed by atoms with Gasteiger partial charge in [0.1, 0.15) is 19.3 Å². The SMILES string of the molecule is CC/C=C\C/C=C\C/C=C\C/C=C\CCCCCCC(=O)OCC(COP(=O)(O)OCC(O)COP(=O)(O)OCC(COC(=O)CCCCCCC/C=C\C/C=C\CCC)OC(=O)CCCCCCCCCCCCC)OC(=O)CCCCCC/C=C\C/C=C\C/C=C\C/C=C\CC. The molecule has 0 aromatic rings. The van der Waals surface area contributed by atoms with Crippen molar-refractivity contribution in [2.24, 2.45) is 0 Å². The van der Waals surface area contributed by atoms with E-state index in [9.17, 15) is 43.2 Å². The number of allylic oxidation sites excluding steroid dienone is 20. The number of carbonyl (C=O) groups is 4. The van der Waals surface area contributed by atoms with E-state index in [-0.39, 0.29) is 25.7 Å². The minimum absolute atomic E-state index is 0.0586. The Balaban J connectivity index is 5.39.